The van der Waals surface area contributed by atoms with Crippen LogP contribution >= 0.6 is 22.7 Å². The smallest absolute Gasteiger partial charge is 0.264 e. The summed E-state index contributed by atoms with van der Waals surface area (Å²) in [5.41, 5.74) is 1.04. The molecule has 0 saturated carbocycles. The summed E-state index contributed by atoms with van der Waals surface area (Å²) < 4.78 is 6.22. The predicted octanol–water partition coefficient (Wildman–Crippen LogP) is 3.16. The number of carbonyl (C=O) groups excluding carboxylic acids is 1. The number of ether oxygens (including phenoxy) is 1. The number of aryl methyl sites for hydroxylation is 1. The first-order chi connectivity index (χ1) is 13.6. The SMILES string of the molecule is Cc1ccc(C(=O)N2CCOC3(CCN(Cc4cc(CCO)cs4)CC3)C2)s1. The maximum absolute atomic E-state index is 12.9. The third kappa shape index (κ3) is 4.49. The number of amides is 1. The first-order valence-electron chi connectivity index (χ1n) is 9.96. The minimum absolute atomic E-state index is 0.151. The van der Waals surface area contributed by atoms with E-state index in [0.717, 1.165) is 43.8 Å². The molecule has 0 aliphatic carbocycles. The van der Waals surface area contributed by atoms with E-state index in [-0.39, 0.29) is 18.1 Å². The van der Waals surface area contributed by atoms with Gasteiger partial charge in [0.25, 0.3) is 5.91 Å². The van der Waals surface area contributed by atoms with Crippen molar-refractivity contribution >= 4 is 28.6 Å². The Morgan fingerprint density at radius 2 is 2.11 bits per heavy atom. The molecule has 0 aromatic carbocycles. The van der Waals surface area contributed by atoms with E-state index in [1.54, 1.807) is 22.7 Å². The largest absolute Gasteiger partial charge is 0.396 e. The van der Waals surface area contributed by atoms with E-state index in [4.69, 9.17) is 9.84 Å². The lowest BCUT2D eigenvalue weighted by molar-refractivity contribution is -0.127. The van der Waals surface area contributed by atoms with Crippen molar-refractivity contribution in [2.24, 2.45) is 0 Å². The number of aliphatic hydroxyl groups excluding tert-OH is 1. The van der Waals surface area contributed by atoms with Crippen LogP contribution in [0.15, 0.2) is 23.6 Å². The fraction of sp³-hybridized carbons (Fsp3) is 0.571. The van der Waals surface area contributed by atoms with Crippen molar-refractivity contribution in [1.82, 2.24) is 9.80 Å². The third-order valence-corrected chi connectivity index (χ3v) is 7.70. The van der Waals surface area contributed by atoms with Crippen LogP contribution in [-0.2, 0) is 17.7 Å². The van der Waals surface area contributed by atoms with Gasteiger partial charge in [-0.25, -0.2) is 0 Å². The molecular weight excluding hydrogens is 392 g/mol. The molecule has 2 aromatic heterocycles. The van der Waals surface area contributed by atoms with Crippen molar-refractivity contribution in [3.8, 4) is 0 Å². The molecule has 1 amide bonds. The summed E-state index contributed by atoms with van der Waals surface area (Å²) >= 11 is 3.36. The van der Waals surface area contributed by atoms with Gasteiger partial charge in [0.2, 0.25) is 0 Å². The Kier molecular flexibility index (Phi) is 6.18. The highest BCUT2D eigenvalue weighted by molar-refractivity contribution is 7.13. The fourth-order valence-electron chi connectivity index (χ4n) is 4.13. The molecule has 0 unspecified atom stereocenters. The standard InChI is InChI=1S/C21H28N2O3S2/c1-16-2-3-19(28-16)20(25)23-9-11-26-21(15-23)5-7-22(8-6-21)13-18-12-17(4-10-24)14-27-18/h2-3,12,14,24H,4-11,13,15H2,1H3. The van der Waals surface area contributed by atoms with E-state index in [0.29, 0.717) is 19.7 Å². The van der Waals surface area contributed by atoms with Crippen LogP contribution < -0.4 is 0 Å². The zero-order chi connectivity index (χ0) is 19.6. The van der Waals surface area contributed by atoms with Gasteiger partial charge >= 0.3 is 0 Å². The predicted molar refractivity (Wildman–Crippen MR) is 113 cm³/mol. The summed E-state index contributed by atoms with van der Waals surface area (Å²) in [6, 6.07) is 6.17. The van der Waals surface area contributed by atoms with E-state index in [2.05, 4.69) is 16.3 Å². The normalized spacial score (nSPS) is 20.0. The number of morpholine rings is 1. The van der Waals surface area contributed by atoms with Gasteiger partial charge < -0.3 is 14.7 Å². The van der Waals surface area contributed by atoms with Gasteiger partial charge in [0.05, 0.1) is 23.6 Å². The Morgan fingerprint density at radius 1 is 1.29 bits per heavy atom. The van der Waals surface area contributed by atoms with Gasteiger partial charge in [-0.3, -0.25) is 9.69 Å². The highest BCUT2D eigenvalue weighted by Gasteiger charge is 2.41. The molecule has 5 nitrogen and oxygen atoms in total. The second-order valence-electron chi connectivity index (χ2n) is 7.84. The van der Waals surface area contributed by atoms with E-state index in [9.17, 15) is 4.79 Å². The van der Waals surface area contributed by atoms with E-state index >= 15 is 0 Å². The Morgan fingerprint density at radius 3 is 2.82 bits per heavy atom. The molecule has 1 spiro atoms. The summed E-state index contributed by atoms with van der Waals surface area (Å²) in [7, 11) is 0. The minimum atomic E-state index is -0.186. The van der Waals surface area contributed by atoms with Crippen LogP contribution in [0.2, 0.25) is 0 Å². The van der Waals surface area contributed by atoms with Crippen molar-refractivity contribution in [1.29, 1.82) is 0 Å². The average molecular weight is 421 g/mol. The molecule has 2 fully saturated rings. The number of hydrogen-bond acceptors (Lipinski definition) is 6. The van der Waals surface area contributed by atoms with Crippen LogP contribution in [0.5, 0.6) is 0 Å². The molecule has 2 aliphatic rings. The summed E-state index contributed by atoms with van der Waals surface area (Å²) in [5, 5.41) is 11.2. The Bertz CT molecular complexity index is 808. The second kappa shape index (κ2) is 8.63. The molecule has 2 aliphatic heterocycles. The van der Waals surface area contributed by atoms with E-state index in [1.165, 1.54) is 15.3 Å². The molecule has 152 valence electrons. The van der Waals surface area contributed by atoms with Crippen molar-refractivity contribution in [3.63, 3.8) is 0 Å². The van der Waals surface area contributed by atoms with Crippen molar-refractivity contribution in [2.75, 3.05) is 39.4 Å². The lowest BCUT2D eigenvalue weighted by atomic mass is 9.89. The molecule has 0 atom stereocenters. The number of piperidine rings is 1. The zero-order valence-corrected chi connectivity index (χ0v) is 18.0. The summed E-state index contributed by atoms with van der Waals surface area (Å²) in [6.07, 6.45) is 2.67. The summed E-state index contributed by atoms with van der Waals surface area (Å²) in [6.45, 7) is 7.22. The van der Waals surface area contributed by atoms with Crippen molar-refractivity contribution < 1.29 is 14.6 Å². The van der Waals surface area contributed by atoms with Crippen molar-refractivity contribution in [3.05, 3.63) is 43.8 Å². The van der Waals surface area contributed by atoms with Gasteiger partial charge in [0, 0.05) is 42.5 Å². The molecule has 2 aromatic rings. The van der Waals surface area contributed by atoms with E-state index in [1.807, 2.05) is 24.0 Å². The van der Waals surface area contributed by atoms with Gasteiger partial charge in [-0.05, 0) is 55.3 Å². The lowest BCUT2D eigenvalue weighted by Gasteiger charge is -2.47. The quantitative estimate of drug-likeness (QED) is 0.807. The number of rotatable bonds is 5. The minimum Gasteiger partial charge on any atom is -0.396 e. The van der Waals surface area contributed by atoms with Crippen LogP contribution in [0.4, 0.5) is 0 Å². The summed E-state index contributed by atoms with van der Waals surface area (Å²) in [4.78, 5) is 20.7. The molecule has 7 heteroatoms. The van der Waals surface area contributed by atoms with Gasteiger partial charge in [0.15, 0.2) is 0 Å². The average Bonchev–Trinajstić information content (AvgIpc) is 3.33. The number of hydrogen-bond donors (Lipinski definition) is 1. The highest BCUT2D eigenvalue weighted by atomic mass is 32.1. The number of carbonyl (C=O) groups is 1. The number of thiophene rings is 2. The summed E-state index contributed by atoms with van der Waals surface area (Å²) in [5.74, 6) is 0.151. The van der Waals surface area contributed by atoms with Gasteiger partial charge in [-0.1, -0.05) is 0 Å². The topological polar surface area (TPSA) is 53.0 Å². The molecule has 4 heterocycles. The van der Waals surface area contributed by atoms with Crippen molar-refractivity contribution in [2.45, 2.75) is 38.3 Å². The van der Waals surface area contributed by atoms with Gasteiger partial charge in [0.1, 0.15) is 0 Å². The van der Waals surface area contributed by atoms with Crippen LogP contribution in [0, 0.1) is 6.92 Å². The Balaban J connectivity index is 1.33. The Hall–Kier alpha value is -1.25. The van der Waals surface area contributed by atoms with Crippen LogP contribution in [0.3, 0.4) is 0 Å². The first kappa shape index (κ1) is 20.0. The van der Waals surface area contributed by atoms with Gasteiger partial charge in [-0.15, -0.1) is 22.7 Å². The second-order valence-corrected chi connectivity index (χ2v) is 10.1. The Labute approximate surface area is 174 Å². The van der Waals surface area contributed by atoms with Crippen LogP contribution in [0.1, 0.15) is 37.8 Å². The molecule has 2 saturated heterocycles. The maximum Gasteiger partial charge on any atom is 0.264 e. The third-order valence-electron chi connectivity index (χ3n) is 5.74. The molecular formula is C21H28N2O3S2. The molecule has 28 heavy (non-hydrogen) atoms. The zero-order valence-electron chi connectivity index (χ0n) is 16.4. The molecule has 4 rings (SSSR count). The molecule has 0 radical (unpaired) electrons. The van der Waals surface area contributed by atoms with E-state index < -0.39 is 0 Å². The molecule has 1 N–H and O–H groups in total. The first-order valence-corrected chi connectivity index (χ1v) is 11.7. The fourth-order valence-corrected chi connectivity index (χ4v) is 5.93. The lowest BCUT2D eigenvalue weighted by Crippen LogP contribution is -2.57. The maximum atomic E-state index is 12.9. The van der Waals surface area contributed by atoms with Gasteiger partial charge in [-0.2, -0.15) is 0 Å². The number of aliphatic hydroxyl groups is 1. The molecule has 0 bridgehead atoms. The number of nitrogens with zero attached hydrogens (tertiary/aromatic N) is 2. The van der Waals surface area contributed by atoms with Crippen LogP contribution in [0.25, 0.3) is 0 Å². The monoisotopic (exact) mass is 420 g/mol. The van der Waals surface area contributed by atoms with Crippen LogP contribution in [-0.4, -0.2) is 65.8 Å². The highest BCUT2D eigenvalue weighted by Crippen LogP contribution is 2.32. The number of likely N-dealkylation sites (tertiary alicyclic amines) is 1.